The van der Waals surface area contributed by atoms with Crippen molar-refractivity contribution in [3.63, 3.8) is 0 Å². The number of carbonyl (C=O) groups excluding carboxylic acids is 2. The molecule has 0 unspecified atom stereocenters. The van der Waals surface area contributed by atoms with Crippen LogP contribution >= 0.6 is 0 Å². The summed E-state index contributed by atoms with van der Waals surface area (Å²) in [6.07, 6.45) is 3.99. The molecule has 1 saturated carbocycles. The van der Waals surface area contributed by atoms with Crippen molar-refractivity contribution in [2.45, 2.75) is 45.1 Å². The number of rotatable bonds is 4. The molecule has 4 nitrogen and oxygen atoms in total. The average Bonchev–Trinajstić information content (AvgIpc) is 2.96. The number of nitrogens with zero attached hydrogens (tertiary/aromatic N) is 1. The molecule has 1 saturated heterocycles. The molecule has 1 N–H and O–H groups in total. The fourth-order valence-electron chi connectivity index (χ4n) is 3.94. The van der Waals surface area contributed by atoms with Crippen LogP contribution in [0.4, 0.5) is 0 Å². The van der Waals surface area contributed by atoms with Crippen molar-refractivity contribution in [2.24, 2.45) is 11.8 Å². The third-order valence-corrected chi connectivity index (χ3v) is 5.51. The largest absolute Gasteiger partial charge is 0.356 e. The third kappa shape index (κ3) is 3.74. The molecule has 0 radical (unpaired) electrons. The Morgan fingerprint density at radius 2 is 1.91 bits per heavy atom. The van der Waals surface area contributed by atoms with E-state index in [1.807, 2.05) is 11.9 Å². The Hall–Kier alpha value is -1.84. The van der Waals surface area contributed by atoms with Crippen molar-refractivity contribution in [1.29, 1.82) is 0 Å². The van der Waals surface area contributed by atoms with Gasteiger partial charge in [-0.05, 0) is 43.6 Å². The molecule has 1 aliphatic heterocycles. The molecule has 2 fully saturated rings. The van der Waals surface area contributed by atoms with E-state index in [1.165, 1.54) is 11.1 Å². The molecule has 0 spiro atoms. The van der Waals surface area contributed by atoms with Gasteiger partial charge >= 0.3 is 0 Å². The van der Waals surface area contributed by atoms with Crippen LogP contribution in [0.2, 0.25) is 0 Å². The van der Waals surface area contributed by atoms with Gasteiger partial charge in [0.1, 0.15) is 0 Å². The summed E-state index contributed by atoms with van der Waals surface area (Å²) >= 11 is 0. The second-order valence-electron chi connectivity index (χ2n) is 7.14. The first kappa shape index (κ1) is 16.0. The summed E-state index contributed by atoms with van der Waals surface area (Å²) in [5, 5.41) is 2.95. The summed E-state index contributed by atoms with van der Waals surface area (Å²) in [7, 11) is 1.93. The number of nitrogens with one attached hydrogen (secondary N) is 1. The van der Waals surface area contributed by atoms with E-state index in [1.54, 1.807) is 0 Å². The first-order valence-electron chi connectivity index (χ1n) is 8.61. The molecular formula is C19H26N2O2. The third-order valence-electron chi connectivity index (χ3n) is 5.51. The second kappa shape index (κ2) is 6.73. The van der Waals surface area contributed by atoms with E-state index >= 15 is 0 Å². The van der Waals surface area contributed by atoms with Crippen molar-refractivity contribution in [3.8, 4) is 0 Å². The van der Waals surface area contributed by atoms with Gasteiger partial charge in [-0.15, -0.1) is 0 Å². The van der Waals surface area contributed by atoms with Gasteiger partial charge in [-0.2, -0.15) is 0 Å². The van der Waals surface area contributed by atoms with Crippen LogP contribution in [-0.2, 0) is 16.0 Å². The molecule has 124 valence electrons. The molecule has 2 amide bonds. The van der Waals surface area contributed by atoms with Crippen LogP contribution in [0.3, 0.4) is 0 Å². The first-order chi connectivity index (χ1) is 11.0. The van der Waals surface area contributed by atoms with Crippen molar-refractivity contribution >= 4 is 11.8 Å². The highest BCUT2D eigenvalue weighted by atomic mass is 16.2. The minimum absolute atomic E-state index is 0.167. The van der Waals surface area contributed by atoms with Gasteiger partial charge in [0.25, 0.3) is 0 Å². The molecule has 1 heterocycles. The number of hydrogen-bond donors (Lipinski definition) is 1. The number of fused-ring (bicyclic) bond motifs is 1. The molecule has 0 bridgehead atoms. The van der Waals surface area contributed by atoms with Crippen LogP contribution in [0.5, 0.6) is 0 Å². The minimum Gasteiger partial charge on any atom is -0.356 e. The molecule has 23 heavy (non-hydrogen) atoms. The molecule has 1 aromatic rings. The van der Waals surface area contributed by atoms with E-state index in [0.29, 0.717) is 30.7 Å². The summed E-state index contributed by atoms with van der Waals surface area (Å²) in [6.45, 7) is 2.85. The van der Waals surface area contributed by atoms with Gasteiger partial charge in [-0.3, -0.25) is 9.59 Å². The van der Waals surface area contributed by atoms with Crippen LogP contribution in [0, 0.1) is 18.8 Å². The van der Waals surface area contributed by atoms with Gasteiger partial charge in [-0.25, -0.2) is 0 Å². The molecule has 1 aliphatic carbocycles. The topological polar surface area (TPSA) is 49.4 Å². The van der Waals surface area contributed by atoms with E-state index in [0.717, 1.165) is 25.8 Å². The lowest BCUT2D eigenvalue weighted by Crippen LogP contribution is -2.38. The summed E-state index contributed by atoms with van der Waals surface area (Å²) in [5.41, 5.74) is 2.46. The van der Waals surface area contributed by atoms with E-state index in [4.69, 9.17) is 0 Å². The summed E-state index contributed by atoms with van der Waals surface area (Å²) in [4.78, 5) is 25.9. The zero-order chi connectivity index (χ0) is 16.4. The Kier molecular flexibility index (Phi) is 4.69. The zero-order valence-corrected chi connectivity index (χ0v) is 14.0. The fourth-order valence-corrected chi connectivity index (χ4v) is 3.94. The number of hydrogen-bond acceptors (Lipinski definition) is 2. The van der Waals surface area contributed by atoms with Gasteiger partial charge in [0, 0.05) is 32.5 Å². The van der Waals surface area contributed by atoms with Gasteiger partial charge in [0.2, 0.25) is 11.8 Å². The number of piperidine rings is 1. The average molecular weight is 314 g/mol. The van der Waals surface area contributed by atoms with Crippen LogP contribution in [-0.4, -0.2) is 36.3 Å². The normalized spacial score (nSPS) is 26.5. The monoisotopic (exact) mass is 314 g/mol. The molecule has 3 atom stereocenters. The number of carbonyl (C=O) groups is 2. The summed E-state index contributed by atoms with van der Waals surface area (Å²) < 4.78 is 0. The molecule has 0 aromatic heterocycles. The van der Waals surface area contributed by atoms with Crippen molar-refractivity contribution in [1.82, 2.24) is 10.2 Å². The lowest BCUT2D eigenvalue weighted by atomic mass is 9.89. The SMILES string of the molecule is Cc1ccc(CCC(=O)N(C)[C@H]2C[C@H]3CNC(=O)C[C@H]3C2)cc1. The smallest absolute Gasteiger partial charge is 0.222 e. The van der Waals surface area contributed by atoms with Crippen LogP contribution in [0.15, 0.2) is 24.3 Å². The van der Waals surface area contributed by atoms with E-state index in [9.17, 15) is 9.59 Å². The quantitative estimate of drug-likeness (QED) is 0.927. The van der Waals surface area contributed by atoms with Crippen LogP contribution in [0.1, 0.15) is 36.8 Å². The highest BCUT2D eigenvalue weighted by Gasteiger charge is 2.40. The highest BCUT2D eigenvalue weighted by molar-refractivity contribution is 5.78. The minimum atomic E-state index is 0.167. The fraction of sp³-hybridized carbons (Fsp3) is 0.579. The van der Waals surface area contributed by atoms with E-state index in [2.05, 4.69) is 36.5 Å². The van der Waals surface area contributed by atoms with Crippen LogP contribution in [0.25, 0.3) is 0 Å². The highest BCUT2D eigenvalue weighted by Crippen LogP contribution is 2.38. The molecule has 3 rings (SSSR count). The van der Waals surface area contributed by atoms with E-state index in [-0.39, 0.29) is 11.8 Å². The Labute approximate surface area is 138 Å². The van der Waals surface area contributed by atoms with Crippen molar-refractivity contribution < 1.29 is 9.59 Å². The Bertz CT molecular complexity index is 582. The van der Waals surface area contributed by atoms with Crippen LogP contribution < -0.4 is 5.32 Å². The molecular weight excluding hydrogens is 288 g/mol. The maximum Gasteiger partial charge on any atom is 0.222 e. The molecule has 4 heteroatoms. The maximum absolute atomic E-state index is 12.5. The van der Waals surface area contributed by atoms with Crippen molar-refractivity contribution in [2.75, 3.05) is 13.6 Å². The lowest BCUT2D eigenvalue weighted by molar-refractivity contribution is -0.131. The summed E-state index contributed by atoms with van der Waals surface area (Å²) in [5.74, 6) is 1.39. The van der Waals surface area contributed by atoms with Gasteiger partial charge in [0.05, 0.1) is 0 Å². The second-order valence-corrected chi connectivity index (χ2v) is 7.14. The van der Waals surface area contributed by atoms with E-state index < -0.39 is 0 Å². The summed E-state index contributed by atoms with van der Waals surface area (Å²) in [6, 6.07) is 8.68. The number of benzene rings is 1. The maximum atomic E-state index is 12.5. The Balaban J connectivity index is 1.51. The molecule has 2 aliphatic rings. The first-order valence-corrected chi connectivity index (χ1v) is 8.61. The molecule has 1 aromatic carbocycles. The predicted octanol–water partition coefficient (Wildman–Crippen LogP) is 2.30. The predicted molar refractivity (Wildman–Crippen MR) is 89.9 cm³/mol. The zero-order valence-electron chi connectivity index (χ0n) is 14.0. The Morgan fingerprint density at radius 3 is 2.65 bits per heavy atom. The van der Waals surface area contributed by atoms with Gasteiger partial charge in [0.15, 0.2) is 0 Å². The standard InChI is InChI=1S/C19H26N2O2/c1-13-3-5-14(6-4-13)7-8-19(23)21(2)17-9-15-11-18(22)20-12-16(15)10-17/h3-6,15-17H,7-12H2,1-2H3,(H,20,22)/t15-,16+,17-/m1/s1. The Morgan fingerprint density at radius 1 is 1.22 bits per heavy atom. The number of amides is 2. The van der Waals surface area contributed by atoms with Gasteiger partial charge in [-0.1, -0.05) is 29.8 Å². The van der Waals surface area contributed by atoms with Crippen molar-refractivity contribution in [3.05, 3.63) is 35.4 Å². The van der Waals surface area contributed by atoms with Gasteiger partial charge < -0.3 is 10.2 Å². The lowest BCUT2D eigenvalue weighted by Gasteiger charge is -2.25. The number of aryl methyl sites for hydroxylation is 2.